The number of aryl methyl sites for hydroxylation is 1. The highest BCUT2D eigenvalue weighted by atomic mass is 19.4. The molecule has 0 unspecified atom stereocenters. The predicted molar refractivity (Wildman–Crippen MR) is 40.4 cm³/mol. The van der Waals surface area contributed by atoms with Gasteiger partial charge in [0.1, 0.15) is 0 Å². The molecule has 1 aromatic rings. The average molecular weight is 209 g/mol. The van der Waals surface area contributed by atoms with E-state index in [1.807, 2.05) is 0 Å². The summed E-state index contributed by atoms with van der Waals surface area (Å²) < 4.78 is 51.9. The summed E-state index contributed by atoms with van der Waals surface area (Å²) >= 11 is 0. The van der Waals surface area contributed by atoms with Crippen molar-refractivity contribution in [2.75, 3.05) is 0 Å². The van der Waals surface area contributed by atoms with Crippen molar-refractivity contribution in [3.63, 3.8) is 0 Å². The zero-order chi connectivity index (χ0) is 10.9. The van der Waals surface area contributed by atoms with Crippen molar-refractivity contribution in [3.05, 3.63) is 23.3 Å². The first-order valence-electron chi connectivity index (χ1n) is 3.68. The van der Waals surface area contributed by atoms with Gasteiger partial charge in [-0.1, -0.05) is 0 Å². The lowest BCUT2D eigenvalue weighted by Crippen LogP contribution is -2.19. The number of aromatic nitrogens is 1. The third-order valence-corrected chi connectivity index (χ3v) is 1.69. The van der Waals surface area contributed by atoms with Gasteiger partial charge in [-0.2, -0.15) is 0 Å². The van der Waals surface area contributed by atoms with Crippen molar-refractivity contribution in [3.8, 4) is 5.75 Å². The van der Waals surface area contributed by atoms with Crippen LogP contribution in [-0.2, 0) is 0 Å². The summed E-state index contributed by atoms with van der Waals surface area (Å²) in [4.78, 5) is 3.55. The van der Waals surface area contributed by atoms with Crippen molar-refractivity contribution in [1.82, 2.24) is 4.98 Å². The highest BCUT2D eigenvalue weighted by Crippen LogP contribution is 2.29. The van der Waals surface area contributed by atoms with Crippen LogP contribution in [0.5, 0.6) is 5.75 Å². The lowest BCUT2D eigenvalue weighted by molar-refractivity contribution is -0.275. The summed E-state index contributed by atoms with van der Waals surface area (Å²) in [6.07, 6.45) is -4.19. The molecule has 1 rings (SSSR count). The van der Waals surface area contributed by atoms with Crippen LogP contribution in [-0.4, -0.2) is 11.3 Å². The van der Waals surface area contributed by atoms with Gasteiger partial charge in [0.25, 0.3) is 0 Å². The summed E-state index contributed by atoms with van der Waals surface area (Å²) in [5, 5.41) is 0. The van der Waals surface area contributed by atoms with E-state index >= 15 is 0 Å². The van der Waals surface area contributed by atoms with Crippen LogP contribution >= 0.6 is 0 Å². The molecule has 0 atom stereocenters. The van der Waals surface area contributed by atoms with Crippen LogP contribution in [0.3, 0.4) is 0 Å². The van der Waals surface area contributed by atoms with Gasteiger partial charge >= 0.3 is 6.36 Å². The maximum atomic E-state index is 12.9. The van der Waals surface area contributed by atoms with Crippen molar-refractivity contribution in [2.45, 2.75) is 20.2 Å². The van der Waals surface area contributed by atoms with Gasteiger partial charge in [0, 0.05) is 11.3 Å². The number of hydrogen-bond acceptors (Lipinski definition) is 2. The number of nitrogens with zero attached hydrogens (tertiary/aromatic N) is 1. The monoisotopic (exact) mass is 209 g/mol. The van der Waals surface area contributed by atoms with Crippen LogP contribution in [0.1, 0.15) is 11.3 Å². The van der Waals surface area contributed by atoms with Gasteiger partial charge in [0.2, 0.25) is 0 Å². The number of rotatable bonds is 1. The molecule has 0 aliphatic rings. The number of hydrogen-bond donors (Lipinski definition) is 0. The molecule has 1 heterocycles. The van der Waals surface area contributed by atoms with E-state index in [1.165, 1.54) is 13.8 Å². The minimum Gasteiger partial charge on any atom is -0.402 e. The van der Waals surface area contributed by atoms with Crippen LogP contribution in [0.15, 0.2) is 6.20 Å². The second-order valence-electron chi connectivity index (χ2n) is 2.69. The van der Waals surface area contributed by atoms with Gasteiger partial charge in [-0.25, -0.2) is 4.39 Å². The minimum atomic E-state index is -4.89. The Morgan fingerprint density at radius 1 is 1.29 bits per heavy atom. The lowest BCUT2D eigenvalue weighted by atomic mass is 10.2. The maximum absolute atomic E-state index is 12.9. The molecule has 2 nitrogen and oxygen atoms in total. The fraction of sp³-hybridized carbons (Fsp3) is 0.375. The largest absolute Gasteiger partial charge is 0.573 e. The van der Waals surface area contributed by atoms with E-state index in [2.05, 4.69) is 9.72 Å². The molecule has 0 bridgehead atoms. The molecule has 0 N–H and O–H groups in total. The number of pyridine rings is 1. The molecule has 0 spiro atoms. The SMILES string of the molecule is Cc1ncc(F)c(OC(F)(F)F)c1C. The molecule has 0 aromatic carbocycles. The minimum absolute atomic E-state index is 0.0438. The van der Waals surface area contributed by atoms with E-state index in [0.717, 1.165) is 0 Å². The number of halogens is 4. The van der Waals surface area contributed by atoms with Crippen LogP contribution in [0.4, 0.5) is 17.6 Å². The molecule has 0 saturated heterocycles. The Morgan fingerprint density at radius 3 is 2.36 bits per heavy atom. The van der Waals surface area contributed by atoms with E-state index in [-0.39, 0.29) is 5.56 Å². The topological polar surface area (TPSA) is 22.1 Å². The van der Waals surface area contributed by atoms with Crippen molar-refractivity contribution < 1.29 is 22.3 Å². The first-order chi connectivity index (χ1) is 6.31. The molecule has 14 heavy (non-hydrogen) atoms. The summed E-state index contributed by atoms with van der Waals surface area (Å²) in [6.45, 7) is 2.78. The van der Waals surface area contributed by atoms with Gasteiger partial charge in [0.15, 0.2) is 11.6 Å². The van der Waals surface area contributed by atoms with E-state index in [4.69, 9.17) is 0 Å². The summed E-state index contributed by atoms with van der Waals surface area (Å²) in [6, 6.07) is 0. The first kappa shape index (κ1) is 10.7. The molecular weight excluding hydrogens is 202 g/mol. The second kappa shape index (κ2) is 3.43. The maximum Gasteiger partial charge on any atom is 0.573 e. The van der Waals surface area contributed by atoms with Gasteiger partial charge in [-0.15, -0.1) is 13.2 Å². The molecule has 0 aliphatic carbocycles. The molecule has 0 aliphatic heterocycles. The zero-order valence-electron chi connectivity index (χ0n) is 7.44. The Balaban J connectivity index is 3.13. The third-order valence-electron chi connectivity index (χ3n) is 1.69. The highest BCUT2D eigenvalue weighted by Gasteiger charge is 2.33. The Bertz CT molecular complexity index is 348. The van der Waals surface area contributed by atoms with Crippen LogP contribution in [0.2, 0.25) is 0 Å². The predicted octanol–water partition coefficient (Wildman–Crippen LogP) is 2.74. The number of ether oxygens (including phenoxy) is 1. The average Bonchev–Trinajstić information content (AvgIpc) is 2.04. The van der Waals surface area contributed by atoms with E-state index < -0.39 is 17.9 Å². The van der Waals surface area contributed by atoms with E-state index in [1.54, 1.807) is 0 Å². The van der Waals surface area contributed by atoms with E-state index in [0.29, 0.717) is 11.9 Å². The van der Waals surface area contributed by atoms with Gasteiger partial charge in [-0.3, -0.25) is 4.98 Å². The van der Waals surface area contributed by atoms with Crippen LogP contribution < -0.4 is 4.74 Å². The van der Waals surface area contributed by atoms with Gasteiger partial charge in [-0.05, 0) is 13.8 Å². The summed E-state index contributed by atoms with van der Waals surface area (Å²) in [5.74, 6) is -1.93. The highest BCUT2D eigenvalue weighted by molar-refractivity contribution is 5.35. The van der Waals surface area contributed by atoms with Gasteiger partial charge in [0.05, 0.1) is 6.20 Å². The molecule has 78 valence electrons. The molecule has 1 aromatic heterocycles. The quantitative estimate of drug-likeness (QED) is 0.663. The van der Waals surface area contributed by atoms with Crippen LogP contribution in [0, 0.1) is 19.7 Å². The molecule has 0 radical (unpaired) electrons. The Kier molecular flexibility index (Phi) is 2.64. The van der Waals surface area contributed by atoms with E-state index in [9.17, 15) is 17.6 Å². The van der Waals surface area contributed by atoms with Crippen molar-refractivity contribution in [2.24, 2.45) is 0 Å². The Morgan fingerprint density at radius 2 is 1.86 bits per heavy atom. The fourth-order valence-electron chi connectivity index (χ4n) is 0.893. The molecule has 0 saturated carbocycles. The van der Waals surface area contributed by atoms with Crippen LogP contribution in [0.25, 0.3) is 0 Å². The third kappa shape index (κ3) is 2.34. The summed E-state index contributed by atoms with van der Waals surface area (Å²) in [7, 11) is 0. The Hall–Kier alpha value is -1.33. The molecular formula is C8H7F4NO. The lowest BCUT2D eigenvalue weighted by Gasteiger charge is -2.12. The molecule has 0 amide bonds. The first-order valence-corrected chi connectivity index (χ1v) is 3.68. The van der Waals surface area contributed by atoms with Crippen molar-refractivity contribution in [1.29, 1.82) is 0 Å². The molecule has 0 fully saturated rings. The summed E-state index contributed by atoms with van der Waals surface area (Å²) in [5.41, 5.74) is 0.341. The smallest absolute Gasteiger partial charge is 0.402 e. The fourth-order valence-corrected chi connectivity index (χ4v) is 0.893. The number of alkyl halides is 3. The van der Waals surface area contributed by atoms with Crippen molar-refractivity contribution >= 4 is 0 Å². The Labute approximate surface area is 77.5 Å². The second-order valence-corrected chi connectivity index (χ2v) is 2.69. The zero-order valence-corrected chi connectivity index (χ0v) is 7.44. The standard InChI is InChI=1S/C8H7F4NO/c1-4-5(2)13-3-6(9)7(4)14-8(10,11)12/h3H,1-2H3. The normalized spacial score (nSPS) is 11.6. The molecule has 6 heteroatoms. The van der Waals surface area contributed by atoms with Gasteiger partial charge < -0.3 is 4.74 Å².